The lowest BCUT2D eigenvalue weighted by Gasteiger charge is -2.25. The maximum Gasteiger partial charge on any atom is 0.318 e. The van der Waals surface area contributed by atoms with Gasteiger partial charge >= 0.3 is 12.0 Å². The van der Waals surface area contributed by atoms with Gasteiger partial charge in [-0.3, -0.25) is 9.59 Å². The van der Waals surface area contributed by atoms with Crippen molar-refractivity contribution < 1.29 is 19.5 Å². The van der Waals surface area contributed by atoms with Crippen molar-refractivity contribution in [2.24, 2.45) is 5.92 Å². The van der Waals surface area contributed by atoms with Crippen LogP contribution in [0.2, 0.25) is 0 Å². The van der Waals surface area contributed by atoms with Gasteiger partial charge in [-0.25, -0.2) is 4.79 Å². The first-order chi connectivity index (χ1) is 9.85. The van der Waals surface area contributed by atoms with Gasteiger partial charge in [-0.2, -0.15) is 0 Å². The Kier molecular flexibility index (Phi) is 6.45. The summed E-state index contributed by atoms with van der Waals surface area (Å²) >= 11 is 0. The number of likely N-dealkylation sites (N-methyl/N-ethyl adjacent to an activating group) is 1. The minimum absolute atomic E-state index is 0.0434. The summed E-state index contributed by atoms with van der Waals surface area (Å²) in [6.45, 7) is 2.48. The molecule has 0 aromatic heterocycles. The lowest BCUT2D eigenvalue weighted by atomic mass is 10.1. The molecule has 3 amide bonds. The molecule has 7 nitrogen and oxygen atoms in total. The van der Waals surface area contributed by atoms with Crippen LogP contribution in [0, 0.1) is 5.92 Å². The van der Waals surface area contributed by atoms with Gasteiger partial charge in [0.1, 0.15) is 6.54 Å². The van der Waals surface area contributed by atoms with E-state index in [9.17, 15) is 14.4 Å². The highest BCUT2D eigenvalue weighted by Gasteiger charge is 2.31. The fourth-order valence-electron chi connectivity index (χ4n) is 2.43. The van der Waals surface area contributed by atoms with Gasteiger partial charge in [0.2, 0.25) is 5.91 Å². The number of carboxylic acids is 1. The summed E-state index contributed by atoms with van der Waals surface area (Å²) < 4.78 is 0. The molecule has 0 aromatic rings. The molecule has 120 valence electrons. The Morgan fingerprint density at radius 2 is 1.90 bits per heavy atom. The minimum atomic E-state index is -0.806. The molecule has 0 heterocycles. The molecular weight excluding hydrogens is 274 g/mol. The molecule has 2 N–H and O–H groups in total. The zero-order valence-corrected chi connectivity index (χ0v) is 13.0. The second-order valence-electron chi connectivity index (χ2n) is 5.70. The molecule has 7 heteroatoms. The van der Waals surface area contributed by atoms with Crippen molar-refractivity contribution in [1.82, 2.24) is 15.1 Å². The molecule has 2 unspecified atom stereocenters. The van der Waals surface area contributed by atoms with Gasteiger partial charge in [0.15, 0.2) is 0 Å². The van der Waals surface area contributed by atoms with E-state index in [1.807, 2.05) is 6.92 Å². The van der Waals surface area contributed by atoms with Crippen LogP contribution >= 0.6 is 0 Å². The fraction of sp³-hybridized carbons (Fsp3) is 0.786. The number of urea groups is 1. The van der Waals surface area contributed by atoms with E-state index in [4.69, 9.17) is 5.11 Å². The van der Waals surface area contributed by atoms with Crippen LogP contribution in [0.1, 0.15) is 32.6 Å². The average Bonchev–Trinajstić information content (AvgIpc) is 2.86. The summed E-state index contributed by atoms with van der Waals surface area (Å²) in [6, 6.07) is -0.407. The van der Waals surface area contributed by atoms with Crippen LogP contribution in [0.5, 0.6) is 0 Å². The van der Waals surface area contributed by atoms with Crippen molar-refractivity contribution in [3.63, 3.8) is 0 Å². The van der Waals surface area contributed by atoms with Crippen LogP contribution in [0.3, 0.4) is 0 Å². The summed E-state index contributed by atoms with van der Waals surface area (Å²) in [7, 11) is 3.30. The van der Waals surface area contributed by atoms with E-state index >= 15 is 0 Å². The predicted octanol–water partition coefficient (Wildman–Crippen LogP) is 0.750. The van der Waals surface area contributed by atoms with Gasteiger partial charge in [-0.1, -0.05) is 6.92 Å². The molecule has 1 aliphatic carbocycles. The first-order valence-corrected chi connectivity index (χ1v) is 7.33. The Hall–Kier alpha value is -1.79. The Balaban J connectivity index is 2.53. The van der Waals surface area contributed by atoms with E-state index in [1.54, 1.807) is 14.1 Å². The van der Waals surface area contributed by atoms with E-state index < -0.39 is 5.97 Å². The van der Waals surface area contributed by atoms with Crippen molar-refractivity contribution in [3.05, 3.63) is 0 Å². The molecule has 21 heavy (non-hydrogen) atoms. The molecule has 0 aliphatic heterocycles. The summed E-state index contributed by atoms with van der Waals surface area (Å²) in [5, 5.41) is 11.8. The molecule has 0 saturated heterocycles. The number of aliphatic carboxylic acids is 1. The van der Waals surface area contributed by atoms with Crippen molar-refractivity contribution in [2.45, 2.75) is 38.6 Å². The third kappa shape index (κ3) is 5.24. The zero-order chi connectivity index (χ0) is 16.0. The van der Waals surface area contributed by atoms with E-state index in [0.717, 1.165) is 6.42 Å². The van der Waals surface area contributed by atoms with Gasteiger partial charge in [0.25, 0.3) is 0 Å². The highest BCUT2D eigenvalue weighted by Crippen LogP contribution is 2.25. The monoisotopic (exact) mass is 299 g/mol. The van der Waals surface area contributed by atoms with E-state index in [0.29, 0.717) is 25.8 Å². The molecular formula is C14H25N3O4. The van der Waals surface area contributed by atoms with Crippen molar-refractivity contribution in [2.75, 3.05) is 27.2 Å². The normalized spacial score (nSPS) is 20.9. The summed E-state index contributed by atoms with van der Waals surface area (Å²) in [5.74, 6) is -1.31. The molecule has 0 bridgehead atoms. The molecule has 1 saturated carbocycles. The molecule has 1 rings (SSSR count). The maximum atomic E-state index is 12.2. The number of rotatable bonds is 6. The Bertz CT molecular complexity index is 398. The standard InChI is InChI=1S/C14H25N3O4/c1-4-7-17(9-12(18)16(2)3)14(21)15-11-6-5-10(8-11)13(19)20/h10-11H,4-9H2,1-3H3,(H,15,21)(H,19,20). The quantitative estimate of drug-likeness (QED) is 0.757. The number of nitrogens with zero attached hydrogens (tertiary/aromatic N) is 2. The maximum absolute atomic E-state index is 12.2. The highest BCUT2D eigenvalue weighted by molar-refractivity contribution is 5.84. The number of nitrogens with one attached hydrogen (secondary N) is 1. The molecule has 1 fully saturated rings. The van der Waals surface area contributed by atoms with Gasteiger partial charge < -0.3 is 20.2 Å². The number of hydrogen-bond donors (Lipinski definition) is 2. The smallest absolute Gasteiger partial charge is 0.318 e. The van der Waals surface area contributed by atoms with Crippen molar-refractivity contribution in [1.29, 1.82) is 0 Å². The second kappa shape index (κ2) is 7.85. The SMILES string of the molecule is CCCN(CC(=O)N(C)C)C(=O)NC1CCC(C(=O)O)C1. The summed E-state index contributed by atoms with van der Waals surface area (Å²) in [4.78, 5) is 37.8. The molecule has 1 aliphatic rings. The largest absolute Gasteiger partial charge is 0.481 e. The summed E-state index contributed by atoms with van der Waals surface area (Å²) in [5.41, 5.74) is 0. The number of carbonyl (C=O) groups is 3. The Morgan fingerprint density at radius 1 is 1.24 bits per heavy atom. The molecule has 0 aromatic carbocycles. The van der Waals surface area contributed by atoms with E-state index in [2.05, 4.69) is 5.32 Å². The van der Waals surface area contributed by atoms with Gasteiger partial charge in [-0.05, 0) is 25.7 Å². The molecule has 2 atom stereocenters. The fourth-order valence-corrected chi connectivity index (χ4v) is 2.43. The van der Waals surface area contributed by atoms with Gasteiger partial charge in [0.05, 0.1) is 5.92 Å². The molecule has 0 radical (unpaired) electrons. The number of hydrogen-bond acceptors (Lipinski definition) is 3. The minimum Gasteiger partial charge on any atom is -0.481 e. The highest BCUT2D eigenvalue weighted by atomic mass is 16.4. The van der Waals surface area contributed by atoms with Gasteiger partial charge in [0, 0.05) is 26.7 Å². The zero-order valence-electron chi connectivity index (χ0n) is 13.0. The third-order valence-corrected chi connectivity index (χ3v) is 3.72. The lowest BCUT2D eigenvalue weighted by Crippen LogP contribution is -2.48. The number of carbonyl (C=O) groups excluding carboxylic acids is 2. The Morgan fingerprint density at radius 3 is 2.38 bits per heavy atom. The number of amides is 3. The van der Waals surface area contributed by atoms with E-state index in [1.165, 1.54) is 9.80 Å². The average molecular weight is 299 g/mol. The van der Waals surface area contributed by atoms with Crippen LogP contribution in [0.15, 0.2) is 0 Å². The lowest BCUT2D eigenvalue weighted by molar-refractivity contribution is -0.141. The number of carboxylic acid groups (broad SMARTS) is 1. The first kappa shape index (κ1) is 17.3. The van der Waals surface area contributed by atoms with Gasteiger partial charge in [-0.15, -0.1) is 0 Å². The van der Waals surface area contributed by atoms with Crippen LogP contribution in [0.25, 0.3) is 0 Å². The van der Waals surface area contributed by atoms with Crippen LogP contribution < -0.4 is 5.32 Å². The summed E-state index contributed by atoms with van der Waals surface area (Å²) in [6.07, 6.45) is 2.48. The van der Waals surface area contributed by atoms with Crippen LogP contribution in [0.4, 0.5) is 4.79 Å². The van der Waals surface area contributed by atoms with Crippen LogP contribution in [-0.4, -0.2) is 66.0 Å². The van der Waals surface area contributed by atoms with E-state index in [-0.39, 0.29) is 30.4 Å². The van der Waals surface area contributed by atoms with Crippen molar-refractivity contribution in [3.8, 4) is 0 Å². The second-order valence-corrected chi connectivity index (χ2v) is 5.70. The predicted molar refractivity (Wildman–Crippen MR) is 77.9 cm³/mol. The topological polar surface area (TPSA) is 90.0 Å². The van der Waals surface area contributed by atoms with Crippen molar-refractivity contribution >= 4 is 17.9 Å². The third-order valence-electron chi connectivity index (χ3n) is 3.72. The molecule has 0 spiro atoms. The first-order valence-electron chi connectivity index (χ1n) is 7.33. The Labute approximate surface area is 125 Å². The van der Waals surface area contributed by atoms with Crippen LogP contribution in [-0.2, 0) is 9.59 Å².